The predicted octanol–water partition coefficient (Wildman–Crippen LogP) is 1.02. The van der Waals surface area contributed by atoms with Gasteiger partial charge >= 0.3 is 5.97 Å². The van der Waals surface area contributed by atoms with E-state index in [1.54, 1.807) is 0 Å². The van der Waals surface area contributed by atoms with E-state index in [0.29, 0.717) is 19.3 Å². The van der Waals surface area contributed by atoms with Crippen molar-refractivity contribution in [2.45, 2.75) is 128 Å². The number of hydrogen-bond acceptors (Lipinski definition) is 10. The molecule has 1 heterocycles. The van der Waals surface area contributed by atoms with Gasteiger partial charge in [-0.1, -0.05) is 27.4 Å². The average molecular weight is 624 g/mol. The molecule has 4 aliphatic carbocycles. The first-order chi connectivity index (χ1) is 20.8. The fourth-order valence-corrected chi connectivity index (χ4v) is 10.5. The second kappa shape index (κ2) is 12.9. The van der Waals surface area contributed by atoms with E-state index in [9.17, 15) is 40.2 Å². The topological polar surface area (TPSA) is 186 Å². The lowest BCUT2D eigenvalue weighted by Crippen LogP contribution is -2.64. The van der Waals surface area contributed by atoms with Crippen molar-refractivity contribution in [1.29, 1.82) is 0 Å². The van der Waals surface area contributed by atoms with E-state index in [1.807, 2.05) is 0 Å². The van der Waals surface area contributed by atoms with Gasteiger partial charge in [-0.15, -0.1) is 0 Å². The maximum Gasteiger partial charge on any atom is 0.330 e. The van der Waals surface area contributed by atoms with Crippen molar-refractivity contribution < 1.29 is 49.7 Å². The van der Waals surface area contributed by atoms with E-state index in [1.165, 1.54) is 6.08 Å². The van der Waals surface area contributed by atoms with Crippen LogP contribution in [0.25, 0.3) is 0 Å². The van der Waals surface area contributed by atoms with Crippen molar-refractivity contribution in [3.05, 3.63) is 12.7 Å². The van der Waals surface area contributed by atoms with Crippen LogP contribution in [0.4, 0.5) is 0 Å². The van der Waals surface area contributed by atoms with E-state index in [0.717, 1.165) is 32.1 Å². The molecule has 11 nitrogen and oxygen atoms in total. The number of aliphatic hydroxyl groups is 6. The molecule has 0 aromatic carbocycles. The van der Waals surface area contributed by atoms with Crippen molar-refractivity contribution in [3.63, 3.8) is 0 Å². The van der Waals surface area contributed by atoms with E-state index in [2.05, 4.69) is 32.7 Å². The van der Waals surface area contributed by atoms with Gasteiger partial charge in [0.1, 0.15) is 30.5 Å². The van der Waals surface area contributed by atoms with Gasteiger partial charge in [0.15, 0.2) is 6.29 Å². The highest BCUT2D eigenvalue weighted by Crippen LogP contribution is 2.68. The number of carbonyl (C=O) groups excluding carboxylic acids is 2. The van der Waals surface area contributed by atoms with Crippen LogP contribution in [0, 0.1) is 46.3 Å². The maximum absolute atomic E-state index is 12.9. The number of amides is 1. The Kier molecular flexibility index (Phi) is 9.89. The summed E-state index contributed by atoms with van der Waals surface area (Å²) in [5.41, 5.74) is -0.446. The Morgan fingerprint density at radius 1 is 1.05 bits per heavy atom. The van der Waals surface area contributed by atoms with Crippen LogP contribution in [-0.2, 0) is 19.1 Å². The minimum atomic E-state index is -1.56. The Hall–Kier alpha value is -1.60. The standard InChI is InChI=1S/C33H53NO10/c1-5-26(39)43-18-10-11-32(3)17(12-18)13-22(36)27-20-8-7-19(33(20,4)24(37)14-21(27)32)16(2)6-9-25(38)34-28-30(41)29(40)23(15-35)44-31(28)42/h5,16-24,27-31,35-37,40-42H,1,6-15H2,2-4H3,(H,34,38)/t16-,17+,18-,19-,20+,21+,22-,23-,24+,27+,28-,29-,30-,31+,32+,33-/m1/s1. The zero-order valence-corrected chi connectivity index (χ0v) is 26.3. The highest BCUT2D eigenvalue weighted by Gasteiger charge is 2.66. The molecular weight excluding hydrogens is 570 g/mol. The van der Waals surface area contributed by atoms with Gasteiger partial charge in [0, 0.05) is 12.5 Å². The van der Waals surface area contributed by atoms with Crippen LogP contribution in [0.3, 0.4) is 0 Å². The highest BCUT2D eigenvalue weighted by molar-refractivity contribution is 5.81. The van der Waals surface area contributed by atoms with E-state index >= 15 is 0 Å². The summed E-state index contributed by atoms with van der Waals surface area (Å²) < 4.78 is 10.7. The van der Waals surface area contributed by atoms with Gasteiger partial charge in [-0.25, -0.2) is 4.79 Å². The van der Waals surface area contributed by atoms with Gasteiger partial charge in [-0.3, -0.25) is 4.79 Å². The molecular formula is C33H53NO10. The SMILES string of the molecule is C=CC(=O)O[C@@H]1CC[C@@]2(C)[C@@H](C1)C[C@@H](O)[C@@H]1[C@@H]2C[C@H](O)[C@]2(C)[C@@H]([C@H](C)CCC(=O)N[C@@H]3[C@@H](O)[C@H](O)[C@@H](CO)O[C@@H]3O)CC[C@@H]12. The lowest BCUT2D eigenvalue weighted by Gasteiger charge is -2.63. The molecule has 0 unspecified atom stereocenters. The van der Waals surface area contributed by atoms with Crippen molar-refractivity contribution in [1.82, 2.24) is 5.32 Å². The summed E-state index contributed by atoms with van der Waals surface area (Å²) in [6.07, 6.45) is 0.513. The Morgan fingerprint density at radius 3 is 2.45 bits per heavy atom. The van der Waals surface area contributed by atoms with Crippen LogP contribution in [0.5, 0.6) is 0 Å². The Balaban J connectivity index is 1.22. The number of hydrogen-bond donors (Lipinski definition) is 7. The summed E-state index contributed by atoms with van der Waals surface area (Å²) in [7, 11) is 0. The Labute approximate surface area is 260 Å². The number of fused-ring (bicyclic) bond motifs is 5. The average Bonchev–Trinajstić information content (AvgIpc) is 3.35. The monoisotopic (exact) mass is 623 g/mol. The van der Waals surface area contributed by atoms with Gasteiger partial charge in [0.05, 0.1) is 18.8 Å². The van der Waals surface area contributed by atoms with Gasteiger partial charge in [0.2, 0.25) is 5.91 Å². The number of aliphatic hydroxyl groups excluding tert-OH is 6. The smallest absolute Gasteiger partial charge is 0.330 e. The quantitative estimate of drug-likeness (QED) is 0.152. The predicted molar refractivity (Wildman–Crippen MR) is 158 cm³/mol. The summed E-state index contributed by atoms with van der Waals surface area (Å²) in [6, 6.07) is -1.22. The summed E-state index contributed by atoms with van der Waals surface area (Å²) in [5.74, 6) is 0.0899. The summed E-state index contributed by atoms with van der Waals surface area (Å²) >= 11 is 0. The molecule has 1 aliphatic heterocycles. The molecule has 5 aliphatic rings. The van der Waals surface area contributed by atoms with Crippen LogP contribution in [0.2, 0.25) is 0 Å². The summed E-state index contributed by atoms with van der Waals surface area (Å²) in [4.78, 5) is 24.7. The zero-order chi connectivity index (χ0) is 32.1. The molecule has 0 spiro atoms. The maximum atomic E-state index is 12.9. The molecule has 1 saturated heterocycles. The van der Waals surface area contributed by atoms with Crippen LogP contribution in [-0.4, -0.2) is 98.1 Å². The largest absolute Gasteiger partial charge is 0.459 e. The van der Waals surface area contributed by atoms with Crippen molar-refractivity contribution in [2.24, 2.45) is 46.3 Å². The summed E-state index contributed by atoms with van der Waals surface area (Å²) in [6.45, 7) is 9.52. The van der Waals surface area contributed by atoms with Crippen LogP contribution < -0.4 is 5.32 Å². The van der Waals surface area contributed by atoms with Crippen LogP contribution in [0.15, 0.2) is 12.7 Å². The third kappa shape index (κ3) is 5.75. The number of nitrogens with one attached hydrogen (secondary N) is 1. The lowest BCUT2D eigenvalue weighted by molar-refractivity contribution is -0.253. The highest BCUT2D eigenvalue weighted by atomic mass is 16.6. The molecule has 0 radical (unpaired) electrons. The summed E-state index contributed by atoms with van der Waals surface area (Å²) in [5, 5.41) is 66.1. The molecule has 0 aromatic rings. The number of ether oxygens (including phenoxy) is 2. The normalized spacial score (nSPS) is 49.2. The third-order valence-electron chi connectivity index (χ3n) is 13.0. The van der Waals surface area contributed by atoms with Crippen LogP contribution in [0.1, 0.15) is 78.6 Å². The lowest BCUT2D eigenvalue weighted by atomic mass is 9.43. The number of esters is 1. The second-order valence-corrected chi connectivity index (χ2v) is 15.0. The van der Waals surface area contributed by atoms with Gasteiger partial charge < -0.3 is 45.4 Å². The van der Waals surface area contributed by atoms with E-state index < -0.39 is 66.8 Å². The molecule has 7 N–H and O–H groups in total. The first-order valence-electron chi connectivity index (χ1n) is 16.5. The van der Waals surface area contributed by atoms with Crippen molar-refractivity contribution in [3.8, 4) is 0 Å². The van der Waals surface area contributed by atoms with Crippen LogP contribution >= 0.6 is 0 Å². The van der Waals surface area contributed by atoms with E-state index in [4.69, 9.17) is 9.47 Å². The van der Waals surface area contributed by atoms with Gasteiger partial charge in [0.25, 0.3) is 0 Å². The molecule has 44 heavy (non-hydrogen) atoms. The minimum Gasteiger partial charge on any atom is -0.459 e. The molecule has 250 valence electrons. The number of carbonyl (C=O) groups is 2. The number of rotatable bonds is 8. The first kappa shape index (κ1) is 33.8. The fraction of sp³-hybridized carbons (Fsp3) is 0.879. The van der Waals surface area contributed by atoms with Gasteiger partial charge in [-0.2, -0.15) is 0 Å². The minimum absolute atomic E-state index is 0.0478. The molecule has 4 saturated carbocycles. The molecule has 11 heteroatoms. The first-order valence-corrected chi connectivity index (χ1v) is 16.5. The molecule has 16 atom stereocenters. The molecule has 5 fully saturated rings. The molecule has 0 aromatic heterocycles. The van der Waals surface area contributed by atoms with Gasteiger partial charge in [-0.05, 0) is 97.7 Å². The van der Waals surface area contributed by atoms with Crippen molar-refractivity contribution >= 4 is 11.9 Å². The Bertz CT molecular complexity index is 1070. The molecule has 5 rings (SSSR count). The molecule has 1 amide bonds. The third-order valence-corrected chi connectivity index (χ3v) is 13.0. The Morgan fingerprint density at radius 2 is 1.77 bits per heavy atom. The zero-order valence-electron chi connectivity index (χ0n) is 26.3. The second-order valence-electron chi connectivity index (χ2n) is 15.0. The van der Waals surface area contributed by atoms with Crippen molar-refractivity contribution in [2.75, 3.05) is 6.61 Å². The molecule has 0 bridgehead atoms. The van der Waals surface area contributed by atoms with E-state index in [-0.39, 0.29) is 53.4 Å². The fourth-order valence-electron chi connectivity index (χ4n) is 10.5.